The molecule has 106 valence electrons. The van der Waals surface area contributed by atoms with E-state index >= 15 is 0 Å². The Bertz CT molecular complexity index is 639. The lowest BCUT2D eigenvalue weighted by molar-refractivity contribution is 0.0691. The highest BCUT2D eigenvalue weighted by Gasteiger charge is 2.17. The number of thioether (sulfide) groups is 1. The maximum atomic E-state index is 11.4. The lowest BCUT2D eigenvalue weighted by Gasteiger charge is -2.09. The number of nitrogens with zero attached hydrogens (tertiary/aromatic N) is 4. The first-order chi connectivity index (χ1) is 9.52. The van der Waals surface area contributed by atoms with Crippen LogP contribution in [-0.4, -0.2) is 30.8 Å². The molecule has 0 atom stereocenters. The molecule has 0 fully saturated rings. The normalized spacial score (nSPS) is 10.8. The Morgan fingerprint density at radius 1 is 1.45 bits per heavy atom. The molecule has 0 radical (unpaired) electrons. The van der Waals surface area contributed by atoms with Gasteiger partial charge in [-0.1, -0.05) is 11.8 Å². The van der Waals surface area contributed by atoms with Gasteiger partial charge >= 0.3 is 5.97 Å². The molecule has 7 heteroatoms. The number of pyridine rings is 1. The molecule has 20 heavy (non-hydrogen) atoms. The van der Waals surface area contributed by atoms with Crippen LogP contribution in [0, 0.1) is 13.8 Å². The lowest BCUT2D eigenvalue weighted by Crippen LogP contribution is -2.07. The number of hydrogen-bond acceptors (Lipinski definition) is 5. The molecule has 0 aromatic carbocycles. The van der Waals surface area contributed by atoms with Crippen molar-refractivity contribution in [3.05, 3.63) is 35.0 Å². The van der Waals surface area contributed by atoms with Gasteiger partial charge in [-0.25, -0.2) is 19.4 Å². The number of aryl methyl sites for hydroxylation is 3. The molecular weight excluding hydrogens is 276 g/mol. The Morgan fingerprint density at radius 2 is 2.20 bits per heavy atom. The fraction of sp³-hybridized carbons (Fsp3) is 0.385. The second-order valence-corrected chi connectivity index (χ2v) is 5.31. The standard InChI is InChI=1S/C13H16N4O2S/c1-4-17-10(14-7-15-17)6-20-12-11(13(18)19)8(2)5-9(3)16-12/h5,7H,4,6H2,1-3H3,(H,18,19). The van der Waals surface area contributed by atoms with Gasteiger partial charge in [0.1, 0.15) is 17.2 Å². The summed E-state index contributed by atoms with van der Waals surface area (Å²) in [6.07, 6.45) is 1.51. The van der Waals surface area contributed by atoms with Gasteiger partial charge < -0.3 is 5.11 Å². The van der Waals surface area contributed by atoms with Crippen molar-refractivity contribution >= 4 is 17.7 Å². The molecule has 2 rings (SSSR count). The van der Waals surface area contributed by atoms with Crippen LogP contribution in [0.15, 0.2) is 17.4 Å². The molecule has 6 nitrogen and oxygen atoms in total. The van der Waals surface area contributed by atoms with E-state index in [1.807, 2.05) is 13.8 Å². The number of aromatic carboxylic acids is 1. The summed E-state index contributed by atoms with van der Waals surface area (Å²) in [6.45, 7) is 6.37. The van der Waals surface area contributed by atoms with Crippen LogP contribution in [0.25, 0.3) is 0 Å². The van der Waals surface area contributed by atoms with Crippen LogP contribution >= 0.6 is 11.8 Å². The van der Waals surface area contributed by atoms with Gasteiger partial charge in [-0.3, -0.25) is 0 Å². The summed E-state index contributed by atoms with van der Waals surface area (Å²) in [4.78, 5) is 19.9. The van der Waals surface area contributed by atoms with Gasteiger partial charge in [-0.05, 0) is 32.4 Å². The summed E-state index contributed by atoms with van der Waals surface area (Å²) in [7, 11) is 0. The summed E-state index contributed by atoms with van der Waals surface area (Å²) in [6, 6.07) is 1.78. The quantitative estimate of drug-likeness (QED) is 0.852. The number of aromatic nitrogens is 4. The molecule has 0 aliphatic rings. The Labute approximate surface area is 121 Å². The summed E-state index contributed by atoms with van der Waals surface area (Å²) < 4.78 is 1.79. The van der Waals surface area contributed by atoms with Gasteiger partial charge in [-0.15, -0.1) is 0 Å². The molecule has 0 aliphatic heterocycles. The molecule has 2 aromatic rings. The van der Waals surface area contributed by atoms with Gasteiger partial charge in [-0.2, -0.15) is 5.10 Å². The minimum atomic E-state index is -0.950. The first kappa shape index (κ1) is 14.5. The fourth-order valence-electron chi connectivity index (χ4n) is 1.96. The average Bonchev–Trinajstić information content (AvgIpc) is 2.82. The minimum absolute atomic E-state index is 0.267. The van der Waals surface area contributed by atoms with Crippen LogP contribution in [0.2, 0.25) is 0 Å². The topological polar surface area (TPSA) is 80.9 Å². The van der Waals surface area contributed by atoms with Crippen molar-refractivity contribution in [1.29, 1.82) is 0 Å². The third kappa shape index (κ3) is 2.98. The second kappa shape index (κ2) is 6.04. The van der Waals surface area contributed by atoms with Crippen LogP contribution in [0.5, 0.6) is 0 Å². The maximum Gasteiger partial charge on any atom is 0.338 e. The maximum absolute atomic E-state index is 11.4. The first-order valence-corrected chi connectivity index (χ1v) is 7.22. The Hall–Kier alpha value is -1.89. The predicted octanol–water partition coefficient (Wildman–Crippen LogP) is 2.30. The van der Waals surface area contributed by atoms with E-state index in [0.717, 1.165) is 23.6 Å². The Kier molecular flexibility index (Phi) is 4.39. The monoisotopic (exact) mass is 292 g/mol. The number of carboxylic acids is 1. The van der Waals surface area contributed by atoms with Crippen molar-refractivity contribution in [2.45, 2.75) is 38.1 Å². The summed E-state index contributed by atoms with van der Waals surface area (Å²) in [5, 5.41) is 13.9. The van der Waals surface area contributed by atoms with E-state index in [1.54, 1.807) is 17.7 Å². The molecule has 0 saturated carbocycles. The third-order valence-electron chi connectivity index (χ3n) is 2.86. The van der Waals surface area contributed by atoms with Crippen molar-refractivity contribution < 1.29 is 9.90 Å². The number of rotatable bonds is 5. The zero-order valence-corrected chi connectivity index (χ0v) is 12.4. The zero-order chi connectivity index (χ0) is 14.7. The second-order valence-electron chi connectivity index (χ2n) is 4.35. The Morgan fingerprint density at radius 3 is 2.85 bits per heavy atom. The number of carboxylic acid groups (broad SMARTS) is 1. The largest absolute Gasteiger partial charge is 0.478 e. The lowest BCUT2D eigenvalue weighted by atomic mass is 10.1. The molecule has 0 saturated heterocycles. The molecule has 0 bridgehead atoms. The first-order valence-electron chi connectivity index (χ1n) is 6.24. The van der Waals surface area contributed by atoms with Crippen molar-refractivity contribution in [2.24, 2.45) is 0 Å². The van der Waals surface area contributed by atoms with Gasteiger partial charge in [0, 0.05) is 12.2 Å². The summed E-state index contributed by atoms with van der Waals surface area (Å²) in [5.41, 5.74) is 1.81. The highest BCUT2D eigenvalue weighted by molar-refractivity contribution is 7.98. The molecule has 2 aromatic heterocycles. The van der Waals surface area contributed by atoms with E-state index in [2.05, 4.69) is 15.1 Å². The van der Waals surface area contributed by atoms with Crippen LogP contribution in [0.1, 0.15) is 34.4 Å². The van der Waals surface area contributed by atoms with E-state index < -0.39 is 5.97 Å². The minimum Gasteiger partial charge on any atom is -0.478 e. The van der Waals surface area contributed by atoms with Crippen LogP contribution < -0.4 is 0 Å². The average molecular weight is 292 g/mol. The summed E-state index contributed by atoms with van der Waals surface area (Å²) in [5.74, 6) is 0.411. The van der Waals surface area contributed by atoms with E-state index in [1.165, 1.54) is 18.1 Å². The van der Waals surface area contributed by atoms with Crippen LogP contribution in [-0.2, 0) is 12.3 Å². The number of carbonyl (C=O) groups is 1. The predicted molar refractivity (Wildman–Crippen MR) is 75.9 cm³/mol. The van der Waals surface area contributed by atoms with E-state index in [9.17, 15) is 9.90 Å². The van der Waals surface area contributed by atoms with Gasteiger partial charge in [0.2, 0.25) is 0 Å². The van der Waals surface area contributed by atoms with Crippen LogP contribution in [0.4, 0.5) is 0 Å². The van der Waals surface area contributed by atoms with E-state index in [-0.39, 0.29) is 5.56 Å². The van der Waals surface area contributed by atoms with Crippen molar-refractivity contribution in [2.75, 3.05) is 0 Å². The van der Waals surface area contributed by atoms with Crippen molar-refractivity contribution in [3.8, 4) is 0 Å². The molecule has 0 unspecified atom stereocenters. The van der Waals surface area contributed by atoms with Crippen molar-refractivity contribution in [1.82, 2.24) is 19.7 Å². The number of hydrogen-bond donors (Lipinski definition) is 1. The summed E-state index contributed by atoms with van der Waals surface area (Å²) >= 11 is 1.38. The molecule has 0 aliphatic carbocycles. The highest BCUT2D eigenvalue weighted by Crippen LogP contribution is 2.26. The van der Waals surface area contributed by atoms with Crippen molar-refractivity contribution in [3.63, 3.8) is 0 Å². The highest BCUT2D eigenvalue weighted by atomic mass is 32.2. The van der Waals surface area contributed by atoms with Gasteiger partial charge in [0.15, 0.2) is 0 Å². The van der Waals surface area contributed by atoms with E-state index in [4.69, 9.17) is 0 Å². The smallest absolute Gasteiger partial charge is 0.338 e. The molecule has 2 heterocycles. The van der Waals surface area contributed by atoms with Gasteiger partial charge in [0.05, 0.1) is 11.3 Å². The van der Waals surface area contributed by atoms with Gasteiger partial charge in [0.25, 0.3) is 0 Å². The fourth-order valence-corrected chi connectivity index (χ4v) is 3.05. The Balaban J connectivity index is 2.27. The van der Waals surface area contributed by atoms with Crippen LogP contribution in [0.3, 0.4) is 0 Å². The molecule has 1 N–H and O–H groups in total. The zero-order valence-electron chi connectivity index (χ0n) is 11.6. The SMILES string of the molecule is CCn1ncnc1CSc1nc(C)cc(C)c1C(=O)O. The molecule has 0 amide bonds. The molecular formula is C13H16N4O2S. The third-order valence-corrected chi connectivity index (χ3v) is 3.83. The molecule has 0 spiro atoms. The van der Waals surface area contributed by atoms with E-state index in [0.29, 0.717) is 10.8 Å².